The standard InChI is InChI=1S/C14H26N2O/c1-5-10-16(14(2,3)4)13(17)11-15-12-8-6-7-9-12/h5,12,15H,1,6-11H2,2-4H3. The molecule has 0 aliphatic heterocycles. The number of carbonyl (C=O) groups excluding carboxylic acids is 1. The van der Waals surface area contributed by atoms with E-state index in [1.807, 2.05) is 4.90 Å². The van der Waals surface area contributed by atoms with E-state index in [0.717, 1.165) is 0 Å². The van der Waals surface area contributed by atoms with Gasteiger partial charge in [0, 0.05) is 18.1 Å². The second kappa shape index (κ2) is 6.20. The first-order valence-electron chi connectivity index (χ1n) is 6.60. The number of hydrogen-bond acceptors (Lipinski definition) is 2. The van der Waals surface area contributed by atoms with Gasteiger partial charge in [-0.25, -0.2) is 0 Å². The van der Waals surface area contributed by atoms with E-state index in [2.05, 4.69) is 32.7 Å². The first-order chi connectivity index (χ1) is 7.95. The number of carbonyl (C=O) groups is 1. The minimum absolute atomic E-state index is 0.136. The molecule has 0 aromatic rings. The van der Waals surface area contributed by atoms with E-state index in [1.165, 1.54) is 25.7 Å². The first-order valence-corrected chi connectivity index (χ1v) is 6.60. The van der Waals surface area contributed by atoms with Crippen molar-refractivity contribution < 1.29 is 4.79 Å². The molecular formula is C14H26N2O. The van der Waals surface area contributed by atoms with Crippen LogP contribution >= 0.6 is 0 Å². The van der Waals surface area contributed by atoms with Gasteiger partial charge in [-0.05, 0) is 33.6 Å². The normalized spacial score (nSPS) is 17.1. The molecule has 0 radical (unpaired) electrons. The van der Waals surface area contributed by atoms with Crippen molar-refractivity contribution in [3.05, 3.63) is 12.7 Å². The lowest BCUT2D eigenvalue weighted by Crippen LogP contribution is -2.49. The van der Waals surface area contributed by atoms with Gasteiger partial charge in [0.15, 0.2) is 0 Å². The van der Waals surface area contributed by atoms with E-state index < -0.39 is 0 Å². The fourth-order valence-electron chi connectivity index (χ4n) is 2.34. The Morgan fingerprint density at radius 2 is 2.00 bits per heavy atom. The topological polar surface area (TPSA) is 32.3 Å². The lowest BCUT2D eigenvalue weighted by molar-refractivity contribution is -0.134. The van der Waals surface area contributed by atoms with Gasteiger partial charge in [0.1, 0.15) is 0 Å². The zero-order chi connectivity index (χ0) is 12.9. The van der Waals surface area contributed by atoms with Crippen LogP contribution in [0.5, 0.6) is 0 Å². The first kappa shape index (κ1) is 14.2. The number of amides is 1. The van der Waals surface area contributed by atoms with Crippen LogP contribution in [0.4, 0.5) is 0 Å². The van der Waals surface area contributed by atoms with Crippen molar-refractivity contribution in [2.45, 2.75) is 58.0 Å². The molecule has 0 saturated heterocycles. The largest absolute Gasteiger partial charge is 0.333 e. The van der Waals surface area contributed by atoms with Crippen LogP contribution in [0.3, 0.4) is 0 Å². The molecule has 1 rings (SSSR count). The summed E-state index contributed by atoms with van der Waals surface area (Å²) in [6, 6.07) is 0.546. The molecule has 0 aromatic heterocycles. The molecular weight excluding hydrogens is 212 g/mol. The van der Waals surface area contributed by atoms with Gasteiger partial charge in [-0.2, -0.15) is 0 Å². The maximum Gasteiger partial charge on any atom is 0.237 e. The summed E-state index contributed by atoms with van der Waals surface area (Å²) >= 11 is 0. The number of nitrogens with zero attached hydrogens (tertiary/aromatic N) is 1. The minimum atomic E-state index is -0.136. The van der Waals surface area contributed by atoms with Gasteiger partial charge in [0.05, 0.1) is 6.54 Å². The summed E-state index contributed by atoms with van der Waals surface area (Å²) in [7, 11) is 0. The van der Waals surface area contributed by atoms with E-state index >= 15 is 0 Å². The lowest BCUT2D eigenvalue weighted by Gasteiger charge is -2.35. The van der Waals surface area contributed by atoms with Crippen LogP contribution < -0.4 is 5.32 Å². The third-order valence-corrected chi connectivity index (χ3v) is 3.32. The fraction of sp³-hybridized carbons (Fsp3) is 0.786. The molecule has 3 nitrogen and oxygen atoms in total. The Hall–Kier alpha value is -0.830. The van der Waals surface area contributed by atoms with Crippen molar-refractivity contribution in [3.63, 3.8) is 0 Å². The highest BCUT2D eigenvalue weighted by Crippen LogP contribution is 2.18. The lowest BCUT2D eigenvalue weighted by atomic mass is 10.1. The molecule has 1 amide bonds. The molecule has 3 heteroatoms. The molecule has 0 unspecified atom stereocenters. The van der Waals surface area contributed by atoms with Gasteiger partial charge in [-0.3, -0.25) is 4.79 Å². The van der Waals surface area contributed by atoms with Crippen molar-refractivity contribution in [2.75, 3.05) is 13.1 Å². The second-order valence-corrected chi connectivity index (χ2v) is 5.83. The Balaban J connectivity index is 2.44. The molecule has 1 aliphatic carbocycles. The fourth-order valence-corrected chi connectivity index (χ4v) is 2.34. The molecule has 0 aromatic carbocycles. The van der Waals surface area contributed by atoms with Crippen molar-refractivity contribution in [1.29, 1.82) is 0 Å². The van der Waals surface area contributed by atoms with Gasteiger partial charge < -0.3 is 10.2 Å². The van der Waals surface area contributed by atoms with Crippen LogP contribution in [0, 0.1) is 0 Å². The maximum atomic E-state index is 12.2. The van der Waals surface area contributed by atoms with Crippen LogP contribution in [0.15, 0.2) is 12.7 Å². The summed E-state index contributed by atoms with van der Waals surface area (Å²) in [6.07, 6.45) is 6.80. The highest BCUT2D eigenvalue weighted by Gasteiger charge is 2.25. The van der Waals surface area contributed by atoms with E-state index in [-0.39, 0.29) is 11.4 Å². The van der Waals surface area contributed by atoms with Crippen LogP contribution in [0.1, 0.15) is 46.5 Å². The zero-order valence-electron chi connectivity index (χ0n) is 11.5. The van der Waals surface area contributed by atoms with E-state index in [9.17, 15) is 4.79 Å². The predicted molar refractivity (Wildman–Crippen MR) is 71.9 cm³/mol. The Morgan fingerprint density at radius 1 is 1.41 bits per heavy atom. The van der Waals surface area contributed by atoms with Gasteiger partial charge in [0.25, 0.3) is 0 Å². The van der Waals surface area contributed by atoms with Gasteiger partial charge in [-0.15, -0.1) is 6.58 Å². The smallest absolute Gasteiger partial charge is 0.237 e. The summed E-state index contributed by atoms with van der Waals surface area (Å²) < 4.78 is 0. The van der Waals surface area contributed by atoms with Gasteiger partial charge >= 0.3 is 0 Å². The van der Waals surface area contributed by atoms with Crippen molar-refractivity contribution in [1.82, 2.24) is 10.2 Å². The molecule has 0 bridgehead atoms. The summed E-state index contributed by atoms with van der Waals surface area (Å²) in [5.41, 5.74) is -0.136. The molecule has 1 fully saturated rings. The Labute approximate surface area is 105 Å². The molecule has 0 heterocycles. The molecule has 0 atom stereocenters. The van der Waals surface area contributed by atoms with E-state index in [0.29, 0.717) is 19.1 Å². The van der Waals surface area contributed by atoms with Crippen molar-refractivity contribution in [2.24, 2.45) is 0 Å². The average Bonchev–Trinajstić information content (AvgIpc) is 2.73. The molecule has 1 saturated carbocycles. The highest BCUT2D eigenvalue weighted by molar-refractivity contribution is 5.79. The van der Waals surface area contributed by atoms with Crippen molar-refractivity contribution >= 4 is 5.91 Å². The van der Waals surface area contributed by atoms with Gasteiger partial charge in [0.2, 0.25) is 5.91 Å². The van der Waals surface area contributed by atoms with Crippen LogP contribution in [0.25, 0.3) is 0 Å². The van der Waals surface area contributed by atoms with E-state index in [1.54, 1.807) is 6.08 Å². The number of nitrogens with one attached hydrogen (secondary N) is 1. The molecule has 1 aliphatic rings. The summed E-state index contributed by atoms with van der Waals surface area (Å²) in [6.45, 7) is 11.0. The van der Waals surface area contributed by atoms with Crippen LogP contribution in [-0.4, -0.2) is 35.5 Å². The molecule has 1 N–H and O–H groups in total. The van der Waals surface area contributed by atoms with E-state index in [4.69, 9.17) is 0 Å². The highest BCUT2D eigenvalue weighted by atomic mass is 16.2. The summed E-state index contributed by atoms with van der Waals surface area (Å²) in [4.78, 5) is 14.0. The summed E-state index contributed by atoms with van der Waals surface area (Å²) in [5.74, 6) is 0.171. The second-order valence-electron chi connectivity index (χ2n) is 5.83. The Bertz CT molecular complexity index is 262. The van der Waals surface area contributed by atoms with Crippen LogP contribution in [-0.2, 0) is 4.79 Å². The van der Waals surface area contributed by atoms with Crippen molar-refractivity contribution in [3.8, 4) is 0 Å². The molecule has 0 spiro atoms. The monoisotopic (exact) mass is 238 g/mol. The Kier molecular flexibility index (Phi) is 5.19. The number of rotatable bonds is 5. The van der Waals surface area contributed by atoms with Gasteiger partial charge in [-0.1, -0.05) is 18.9 Å². The Morgan fingerprint density at radius 3 is 2.47 bits per heavy atom. The SMILES string of the molecule is C=CCN(C(=O)CNC1CCCC1)C(C)(C)C. The molecule has 17 heavy (non-hydrogen) atoms. The van der Waals surface area contributed by atoms with Crippen LogP contribution in [0.2, 0.25) is 0 Å². The molecule has 98 valence electrons. The quantitative estimate of drug-likeness (QED) is 0.746. The summed E-state index contributed by atoms with van der Waals surface area (Å²) in [5, 5.41) is 3.37. The average molecular weight is 238 g/mol. The minimum Gasteiger partial charge on any atom is -0.333 e. The maximum absolute atomic E-state index is 12.2. The third-order valence-electron chi connectivity index (χ3n) is 3.32. The zero-order valence-corrected chi connectivity index (χ0v) is 11.5. The predicted octanol–water partition coefficient (Wildman–Crippen LogP) is 2.33. The third kappa shape index (κ3) is 4.50. The number of hydrogen-bond donors (Lipinski definition) is 1.